The summed E-state index contributed by atoms with van der Waals surface area (Å²) in [5.41, 5.74) is 0.117. The van der Waals surface area contributed by atoms with E-state index in [9.17, 15) is 23.1 Å². The lowest BCUT2D eigenvalue weighted by atomic mass is 9.89. The zero-order valence-electron chi connectivity index (χ0n) is 13.7. The van der Waals surface area contributed by atoms with Gasteiger partial charge >= 0.3 is 16.2 Å². The molecule has 0 unspecified atom stereocenters. The number of nitrogens with two attached hydrogens (primary N) is 1. The second-order valence-corrected chi connectivity index (χ2v) is 7.58. The van der Waals surface area contributed by atoms with Gasteiger partial charge in [-0.3, -0.25) is 4.79 Å². The number of nitrogens with zero attached hydrogens (tertiary/aromatic N) is 3. The van der Waals surface area contributed by atoms with Crippen LogP contribution in [0.15, 0.2) is 12.3 Å². The molecule has 0 aliphatic carbocycles. The first-order valence-corrected chi connectivity index (χ1v) is 9.02. The van der Waals surface area contributed by atoms with Crippen LogP contribution in [0.2, 0.25) is 0 Å². The van der Waals surface area contributed by atoms with Crippen LogP contribution >= 0.6 is 0 Å². The lowest BCUT2D eigenvalue weighted by molar-refractivity contribution is -0.132. The van der Waals surface area contributed by atoms with E-state index in [0.717, 1.165) is 6.20 Å². The molecule has 0 atom stereocenters. The molecule has 1 aliphatic rings. The fourth-order valence-corrected chi connectivity index (χ4v) is 3.67. The summed E-state index contributed by atoms with van der Waals surface area (Å²) < 4.78 is 23.6. The number of hydrogen-bond donors (Lipinski definition) is 2. The first-order chi connectivity index (χ1) is 11.1. The zero-order chi connectivity index (χ0) is 18.1. The van der Waals surface area contributed by atoms with E-state index in [1.54, 1.807) is 9.80 Å². The Morgan fingerprint density at radius 1 is 1.33 bits per heavy atom. The number of rotatable bonds is 5. The van der Waals surface area contributed by atoms with Gasteiger partial charge in [0.2, 0.25) is 5.91 Å². The molecular weight excluding hydrogens is 336 g/mol. The van der Waals surface area contributed by atoms with Crippen molar-refractivity contribution < 1.29 is 23.1 Å². The molecule has 0 radical (unpaired) electrons. The highest BCUT2D eigenvalue weighted by molar-refractivity contribution is 7.87. The van der Waals surface area contributed by atoms with Gasteiger partial charge in [0.1, 0.15) is 5.69 Å². The fourth-order valence-electron chi connectivity index (χ4n) is 3.00. The lowest BCUT2D eigenvalue weighted by Crippen LogP contribution is -2.42. The second kappa shape index (κ2) is 6.91. The molecule has 1 aromatic rings. The Kier molecular flexibility index (Phi) is 5.31. The molecule has 3 N–H and O–H groups in total. The summed E-state index contributed by atoms with van der Waals surface area (Å²) in [5.74, 6) is -1.43. The topological polar surface area (TPSA) is 126 Å². The van der Waals surface area contributed by atoms with Gasteiger partial charge in [-0.15, -0.1) is 0 Å². The molecule has 2 heterocycles. The van der Waals surface area contributed by atoms with Crippen molar-refractivity contribution >= 4 is 22.1 Å². The normalized spacial score (nSPS) is 16.6. The molecule has 0 spiro atoms. The Bertz CT molecular complexity index is 732. The largest absolute Gasteiger partial charge is 0.477 e. The van der Waals surface area contributed by atoms with Crippen molar-refractivity contribution in [3.8, 4) is 0 Å². The predicted molar refractivity (Wildman–Crippen MR) is 87.0 cm³/mol. The van der Waals surface area contributed by atoms with Crippen LogP contribution in [0.3, 0.4) is 0 Å². The molecule has 10 heteroatoms. The van der Waals surface area contributed by atoms with Crippen molar-refractivity contribution in [1.29, 1.82) is 0 Å². The fraction of sp³-hybridized carbons (Fsp3) is 0.571. The van der Waals surface area contributed by atoms with E-state index < -0.39 is 16.2 Å². The van der Waals surface area contributed by atoms with E-state index in [0.29, 0.717) is 42.0 Å². The molecule has 1 fully saturated rings. The summed E-state index contributed by atoms with van der Waals surface area (Å²) in [6, 6.07) is 1.48. The summed E-state index contributed by atoms with van der Waals surface area (Å²) in [4.78, 5) is 27.1. The number of likely N-dealkylation sites (tertiary alicyclic amines) is 1. The van der Waals surface area contributed by atoms with Crippen LogP contribution in [-0.2, 0) is 15.0 Å². The summed E-state index contributed by atoms with van der Waals surface area (Å²) in [6.07, 6.45) is 2.32. The number of aromatic carboxylic acids is 1. The molecule has 9 nitrogen and oxygen atoms in total. The van der Waals surface area contributed by atoms with E-state index >= 15 is 0 Å². The van der Waals surface area contributed by atoms with Crippen LogP contribution in [0.1, 0.15) is 34.8 Å². The van der Waals surface area contributed by atoms with Crippen molar-refractivity contribution in [3.63, 3.8) is 0 Å². The van der Waals surface area contributed by atoms with Crippen LogP contribution in [0.5, 0.6) is 0 Å². The monoisotopic (exact) mass is 358 g/mol. The lowest BCUT2D eigenvalue weighted by Gasteiger charge is -2.32. The minimum Gasteiger partial charge on any atom is -0.477 e. The third-order valence-electron chi connectivity index (χ3n) is 4.10. The standard InChI is InChI=1S/C14H22N4O5S/c1-16(2)9-12(19)17-6-3-10(4-7-17)11-5-8-18(24(15,22)23)13(11)14(20)21/h5,8,10H,3-4,6-7,9H2,1-2H3,(H,20,21)(H2,15,22,23). The molecule has 0 saturated carbocycles. The number of amides is 1. The molecule has 134 valence electrons. The van der Waals surface area contributed by atoms with Gasteiger partial charge < -0.3 is 14.9 Å². The van der Waals surface area contributed by atoms with Crippen molar-refractivity contribution in [2.24, 2.45) is 5.14 Å². The van der Waals surface area contributed by atoms with Gasteiger partial charge in [0, 0.05) is 19.3 Å². The van der Waals surface area contributed by atoms with Crippen LogP contribution in [0.4, 0.5) is 0 Å². The highest BCUT2D eigenvalue weighted by Crippen LogP contribution is 2.31. The summed E-state index contributed by atoms with van der Waals surface area (Å²) >= 11 is 0. The maximum atomic E-state index is 12.1. The maximum Gasteiger partial charge on any atom is 0.353 e. The third-order valence-corrected chi connectivity index (χ3v) is 4.95. The van der Waals surface area contributed by atoms with E-state index in [1.807, 2.05) is 14.1 Å². The van der Waals surface area contributed by atoms with Gasteiger partial charge in [-0.2, -0.15) is 8.42 Å². The third kappa shape index (κ3) is 3.94. The second-order valence-electron chi connectivity index (χ2n) is 6.16. The predicted octanol–water partition coefficient (Wildman–Crippen LogP) is -0.494. The van der Waals surface area contributed by atoms with Gasteiger partial charge in [-0.1, -0.05) is 0 Å². The minimum atomic E-state index is -4.17. The Balaban J connectivity index is 2.17. The van der Waals surface area contributed by atoms with Crippen molar-refractivity contribution in [2.45, 2.75) is 18.8 Å². The average Bonchev–Trinajstić information content (AvgIpc) is 2.91. The number of aromatic nitrogens is 1. The molecule has 1 saturated heterocycles. The molecule has 1 amide bonds. The molecule has 0 aromatic carbocycles. The maximum absolute atomic E-state index is 12.1. The van der Waals surface area contributed by atoms with Crippen molar-refractivity contribution in [3.05, 3.63) is 23.5 Å². The molecule has 24 heavy (non-hydrogen) atoms. The van der Waals surface area contributed by atoms with Gasteiger partial charge in [0.25, 0.3) is 0 Å². The number of carboxylic acid groups (broad SMARTS) is 1. The van der Waals surface area contributed by atoms with Gasteiger partial charge in [0.05, 0.1) is 6.54 Å². The summed E-state index contributed by atoms with van der Waals surface area (Å²) in [7, 11) is -0.530. The number of carboxylic acids is 1. The molecule has 1 aromatic heterocycles. The van der Waals surface area contributed by atoms with E-state index in [2.05, 4.69) is 0 Å². The highest BCUT2D eigenvalue weighted by atomic mass is 32.2. The van der Waals surface area contributed by atoms with Gasteiger partial charge in [-0.25, -0.2) is 13.9 Å². The molecule has 0 bridgehead atoms. The first kappa shape index (κ1) is 18.4. The zero-order valence-corrected chi connectivity index (χ0v) is 14.5. The van der Waals surface area contributed by atoms with E-state index in [1.165, 1.54) is 6.07 Å². The number of carbonyl (C=O) groups excluding carboxylic acids is 1. The summed E-state index contributed by atoms with van der Waals surface area (Å²) in [5, 5.41) is 14.4. The Hall–Kier alpha value is -1.91. The molecule has 2 rings (SSSR count). The van der Waals surface area contributed by atoms with Crippen molar-refractivity contribution in [2.75, 3.05) is 33.7 Å². The molecule has 1 aliphatic heterocycles. The first-order valence-electron chi connectivity index (χ1n) is 7.51. The van der Waals surface area contributed by atoms with Gasteiger partial charge in [0.15, 0.2) is 0 Å². The Labute approximate surface area is 140 Å². The van der Waals surface area contributed by atoms with Crippen molar-refractivity contribution in [1.82, 2.24) is 13.8 Å². The number of hydrogen-bond acceptors (Lipinski definition) is 5. The number of carbonyl (C=O) groups is 2. The van der Waals surface area contributed by atoms with Crippen LogP contribution in [0, 0.1) is 0 Å². The number of likely N-dealkylation sites (N-methyl/N-ethyl adjacent to an activating group) is 1. The van der Waals surface area contributed by atoms with E-state index in [4.69, 9.17) is 5.14 Å². The highest BCUT2D eigenvalue weighted by Gasteiger charge is 2.30. The summed E-state index contributed by atoms with van der Waals surface area (Å²) in [6.45, 7) is 1.35. The smallest absolute Gasteiger partial charge is 0.353 e. The van der Waals surface area contributed by atoms with Crippen LogP contribution in [-0.4, -0.2) is 72.9 Å². The minimum absolute atomic E-state index is 0.0269. The van der Waals surface area contributed by atoms with Crippen LogP contribution in [0.25, 0.3) is 0 Å². The molecular formula is C14H22N4O5S. The van der Waals surface area contributed by atoms with Gasteiger partial charge in [-0.05, 0) is 44.5 Å². The average molecular weight is 358 g/mol. The SMILES string of the molecule is CN(C)CC(=O)N1CCC(c2ccn(S(N)(=O)=O)c2C(=O)O)CC1. The van der Waals surface area contributed by atoms with Crippen LogP contribution < -0.4 is 5.14 Å². The quantitative estimate of drug-likeness (QED) is 0.731. The Morgan fingerprint density at radius 3 is 2.38 bits per heavy atom. The van der Waals surface area contributed by atoms with E-state index in [-0.39, 0.29) is 17.5 Å². The number of piperidine rings is 1. The Morgan fingerprint density at radius 2 is 1.92 bits per heavy atom.